The Morgan fingerprint density at radius 3 is 1.53 bits per heavy atom. The summed E-state index contributed by atoms with van der Waals surface area (Å²) in [7, 11) is 1.51. The molecule has 0 aromatic heterocycles. The number of ketones is 3. The molecule has 1 aliphatic carbocycles. The zero-order valence-corrected chi connectivity index (χ0v) is 29.4. The summed E-state index contributed by atoms with van der Waals surface area (Å²) < 4.78 is 4.96. The van der Waals surface area contributed by atoms with Crippen molar-refractivity contribution in [2.24, 2.45) is 0 Å². The van der Waals surface area contributed by atoms with Crippen LogP contribution < -0.4 is 26.0 Å². The van der Waals surface area contributed by atoms with E-state index in [4.69, 9.17) is 14.9 Å². The van der Waals surface area contributed by atoms with E-state index in [1.165, 1.54) is 25.3 Å². The van der Waals surface area contributed by atoms with Crippen LogP contribution >= 0.6 is 24.8 Å². The monoisotopic (exact) mass is 744 g/mol. The van der Waals surface area contributed by atoms with Gasteiger partial charge in [-0.2, -0.15) is 0 Å². The molecule has 0 spiro atoms. The number of rotatable bonds is 15. The Bertz CT molecular complexity index is 1710. The number of halogens is 2. The topological polar surface area (TPSA) is 210 Å². The first kappa shape index (κ1) is 42.3. The minimum Gasteiger partial charge on any atom is -0.507 e. The second-order valence-corrected chi connectivity index (χ2v) is 10.8. The predicted molar refractivity (Wildman–Crippen MR) is 199 cm³/mol. The van der Waals surface area contributed by atoms with Crippen molar-refractivity contribution in [1.82, 2.24) is 10.6 Å². The SMILES string of the molecule is COc1ccc(C(=O)c2ccccc2)c(O)c1.Cl.Cl.O=C1c2c(O)ccc(O)c2C(=O)c2c(NCCNCCO)ccc(NCCNCCO)c21. The lowest BCUT2D eigenvalue weighted by Crippen LogP contribution is -2.28. The first-order valence-electron chi connectivity index (χ1n) is 15.6. The lowest BCUT2D eigenvalue weighted by Gasteiger charge is -2.25. The first-order valence-corrected chi connectivity index (χ1v) is 15.6. The van der Waals surface area contributed by atoms with Crippen molar-refractivity contribution in [3.05, 3.63) is 106 Å². The quantitative estimate of drug-likeness (QED) is 0.0429. The maximum atomic E-state index is 13.4. The van der Waals surface area contributed by atoms with Gasteiger partial charge < -0.3 is 51.5 Å². The fourth-order valence-corrected chi connectivity index (χ4v) is 5.21. The summed E-state index contributed by atoms with van der Waals surface area (Å²) in [5, 5.41) is 60.3. The highest BCUT2D eigenvalue weighted by molar-refractivity contribution is 6.33. The number of fused-ring (bicyclic) bond motifs is 2. The van der Waals surface area contributed by atoms with Crippen LogP contribution in [0, 0.1) is 0 Å². The van der Waals surface area contributed by atoms with Crippen molar-refractivity contribution in [3.8, 4) is 23.0 Å². The minimum absolute atomic E-state index is 0. The molecular weight excluding hydrogens is 703 g/mol. The van der Waals surface area contributed by atoms with Gasteiger partial charge in [0, 0.05) is 62.3 Å². The third kappa shape index (κ3) is 10.3. The van der Waals surface area contributed by atoms with E-state index in [9.17, 15) is 29.7 Å². The van der Waals surface area contributed by atoms with Gasteiger partial charge in [0.2, 0.25) is 11.6 Å². The summed E-state index contributed by atoms with van der Waals surface area (Å²) >= 11 is 0. The Hall–Kier alpha value is -4.89. The maximum absolute atomic E-state index is 13.4. The Kier molecular flexibility index (Phi) is 17.2. The highest BCUT2D eigenvalue weighted by atomic mass is 35.5. The number of aliphatic hydroxyl groups is 2. The largest absolute Gasteiger partial charge is 0.507 e. The number of aliphatic hydroxyl groups excluding tert-OH is 2. The molecule has 15 heteroatoms. The van der Waals surface area contributed by atoms with E-state index in [1.54, 1.807) is 48.5 Å². The fraction of sp³-hybridized carbons (Fsp3) is 0.250. The molecule has 0 radical (unpaired) electrons. The zero-order valence-electron chi connectivity index (χ0n) is 27.8. The standard InChI is InChI=1S/C22H28N4O6.C14H12O3.2ClH/c27-11-9-23-5-7-25-13-1-2-14(26-8-6-24-10-12-28)18-17(13)21(31)19-15(29)3-4-16(30)20(19)22(18)32;1-17-11-7-8-12(13(15)9-11)14(16)10-5-3-2-4-6-10;;/h1-4,23-30H,5-12H2;2-9,15H,1H3;2*1H. The first-order chi connectivity index (χ1) is 23.7. The Labute approximate surface area is 307 Å². The molecule has 51 heavy (non-hydrogen) atoms. The lowest BCUT2D eigenvalue weighted by molar-refractivity contribution is 0.0975. The molecule has 0 atom stereocenters. The van der Waals surface area contributed by atoms with E-state index < -0.39 is 11.6 Å². The molecule has 4 aromatic carbocycles. The normalized spacial score (nSPS) is 11.1. The van der Waals surface area contributed by atoms with Crippen LogP contribution in [0.1, 0.15) is 47.8 Å². The maximum Gasteiger partial charge on any atom is 0.200 e. The van der Waals surface area contributed by atoms with Crippen molar-refractivity contribution in [2.75, 3.05) is 70.2 Å². The minimum atomic E-state index is -0.559. The van der Waals surface area contributed by atoms with Gasteiger partial charge in [-0.05, 0) is 36.4 Å². The summed E-state index contributed by atoms with van der Waals surface area (Å²) in [5.41, 5.74) is 1.50. The lowest BCUT2D eigenvalue weighted by atomic mass is 9.81. The van der Waals surface area contributed by atoms with Crippen molar-refractivity contribution in [2.45, 2.75) is 0 Å². The van der Waals surface area contributed by atoms with Crippen LogP contribution in [0.4, 0.5) is 11.4 Å². The van der Waals surface area contributed by atoms with Gasteiger partial charge in [0.05, 0.1) is 48.1 Å². The van der Waals surface area contributed by atoms with Gasteiger partial charge in [0.25, 0.3) is 0 Å². The average molecular weight is 746 g/mol. The van der Waals surface area contributed by atoms with Crippen molar-refractivity contribution in [1.29, 1.82) is 0 Å². The van der Waals surface area contributed by atoms with E-state index >= 15 is 0 Å². The Morgan fingerprint density at radius 1 is 0.608 bits per heavy atom. The average Bonchev–Trinajstić information content (AvgIpc) is 3.11. The highest BCUT2D eigenvalue weighted by Crippen LogP contribution is 2.42. The Morgan fingerprint density at radius 2 is 1.10 bits per heavy atom. The van der Waals surface area contributed by atoms with Crippen molar-refractivity contribution in [3.63, 3.8) is 0 Å². The number of hydrogen-bond acceptors (Lipinski definition) is 13. The van der Waals surface area contributed by atoms with Gasteiger partial charge >= 0.3 is 0 Å². The fourth-order valence-electron chi connectivity index (χ4n) is 5.21. The van der Waals surface area contributed by atoms with Crippen molar-refractivity contribution >= 4 is 53.5 Å². The van der Waals surface area contributed by atoms with Crippen LogP contribution in [0.15, 0.2) is 72.8 Å². The van der Waals surface area contributed by atoms with E-state index in [2.05, 4.69) is 21.3 Å². The molecule has 13 nitrogen and oxygen atoms in total. The van der Waals surface area contributed by atoms with E-state index in [0.29, 0.717) is 62.0 Å². The van der Waals surface area contributed by atoms with Gasteiger partial charge in [0.15, 0.2) is 5.78 Å². The summed E-state index contributed by atoms with van der Waals surface area (Å²) in [6.45, 7) is 2.81. The number of benzene rings is 4. The van der Waals surface area contributed by atoms with Crippen LogP contribution in [0.3, 0.4) is 0 Å². The van der Waals surface area contributed by atoms with Crippen molar-refractivity contribution < 1.29 is 44.7 Å². The van der Waals surface area contributed by atoms with Gasteiger partial charge in [-0.15, -0.1) is 24.8 Å². The summed E-state index contributed by atoms with van der Waals surface area (Å²) in [6.07, 6.45) is 0. The molecule has 0 heterocycles. The van der Waals surface area contributed by atoms with Crippen LogP contribution in [-0.2, 0) is 0 Å². The number of phenols is 3. The number of anilines is 2. The Balaban J connectivity index is 0.000000402. The molecular formula is C36H42Cl2N4O9. The molecule has 9 N–H and O–H groups in total. The zero-order chi connectivity index (χ0) is 35.3. The van der Waals surface area contributed by atoms with E-state index in [0.717, 1.165) is 0 Å². The van der Waals surface area contributed by atoms with Crippen LogP contribution in [0.25, 0.3) is 0 Å². The molecule has 5 rings (SSSR count). The molecule has 1 aliphatic rings. The predicted octanol–water partition coefficient (Wildman–Crippen LogP) is 3.34. The molecule has 0 saturated heterocycles. The van der Waals surface area contributed by atoms with E-state index in [1.807, 2.05) is 6.07 Å². The van der Waals surface area contributed by atoms with Crippen LogP contribution in [-0.4, -0.2) is 102 Å². The van der Waals surface area contributed by atoms with Gasteiger partial charge in [-0.1, -0.05) is 30.3 Å². The van der Waals surface area contributed by atoms with Crippen LogP contribution in [0.5, 0.6) is 23.0 Å². The summed E-state index contributed by atoms with van der Waals surface area (Å²) in [4.78, 5) is 38.8. The number of hydrogen-bond donors (Lipinski definition) is 9. The third-order valence-corrected chi connectivity index (χ3v) is 7.57. The second-order valence-electron chi connectivity index (χ2n) is 10.8. The summed E-state index contributed by atoms with van der Waals surface area (Å²) in [6, 6.07) is 19.2. The molecule has 0 unspecified atom stereocenters. The number of aromatic hydroxyl groups is 3. The molecule has 274 valence electrons. The number of phenolic OH excluding ortho intramolecular Hbond substituents is 3. The molecule has 0 amide bonds. The highest BCUT2D eigenvalue weighted by Gasteiger charge is 2.37. The molecule has 0 saturated carbocycles. The molecule has 0 fully saturated rings. The summed E-state index contributed by atoms with van der Waals surface area (Å²) in [5.74, 6) is -1.62. The number of methoxy groups -OCH3 is 1. The van der Waals surface area contributed by atoms with Crippen LogP contribution in [0.2, 0.25) is 0 Å². The molecule has 0 bridgehead atoms. The number of carbonyl (C=O) groups is 3. The number of nitrogens with one attached hydrogen (secondary N) is 4. The third-order valence-electron chi connectivity index (χ3n) is 7.57. The van der Waals surface area contributed by atoms with Gasteiger partial charge in [0.1, 0.15) is 23.0 Å². The van der Waals surface area contributed by atoms with E-state index in [-0.39, 0.29) is 88.9 Å². The van der Waals surface area contributed by atoms with Gasteiger partial charge in [-0.3, -0.25) is 14.4 Å². The van der Waals surface area contributed by atoms with Gasteiger partial charge in [-0.25, -0.2) is 0 Å². The number of carbonyl (C=O) groups excluding carboxylic acids is 3. The number of ether oxygens (including phenoxy) is 1. The smallest absolute Gasteiger partial charge is 0.200 e. The second kappa shape index (κ2) is 20.7. The molecule has 4 aromatic rings. The molecule has 0 aliphatic heterocycles.